The third kappa shape index (κ3) is 3.96. The topological polar surface area (TPSA) is 79.2 Å². The lowest BCUT2D eigenvalue weighted by atomic mass is 10.00. The third-order valence-corrected chi connectivity index (χ3v) is 5.82. The molecule has 0 unspecified atom stereocenters. The lowest BCUT2D eigenvalue weighted by molar-refractivity contribution is -0.119. The normalized spacial score (nSPS) is 11.8. The largest absolute Gasteiger partial charge is 0.452 e. The third-order valence-electron chi connectivity index (χ3n) is 4.88. The van der Waals surface area contributed by atoms with Crippen LogP contribution >= 0.6 is 11.8 Å². The summed E-state index contributed by atoms with van der Waals surface area (Å²) in [5.41, 5.74) is 3.57. The lowest BCUT2D eigenvalue weighted by Crippen LogP contribution is -2.21. The minimum atomic E-state index is -0.511. The van der Waals surface area contributed by atoms with E-state index in [9.17, 15) is 9.59 Å². The molecular formula is C23H18N2O3S. The van der Waals surface area contributed by atoms with Crippen LogP contribution in [0.3, 0.4) is 0 Å². The minimum absolute atomic E-state index is 0.285. The Labute approximate surface area is 172 Å². The summed E-state index contributed by atoms with van der Waals surface area (Å²) in [6.07, 6.45) is 1.97. The Kier molecular flexibility index (Phi) is 5.50. The van der Waals surface area contributed by atoms with Crippen molar-refractivity contribution in [3.63, 3.8) is 0 Å². The summed E-state index contributed by atoms with van der Waals surface area (Å²) < 4.78 is 5.28. The molecule has 0 atom stereocenters. The van der Waals surface area contributed by atoms with Gasteiger partial charge in [-0.2, -0.15) is 5.26 Å². The summed E-state index contributed by atoms with van der Waals surface area (Å²) in [5, 5.41) is 13.5. The van der Waals surface area contributed by atoms with Gasteiger partial charge in [-0.25, -0.2) is 4.79 Å². The summed E-state index contributed by atoms with van der Waals surface area (Å²) in [4.78, 5) is 25.7. The van der Waals surface area contributed by atoms with Crippen LogP contribution in [0.1, 0.15) is 21.5 Å². The van der Waals surface area contributed by atoms with Crippen LogP contribution in [-0.4, -0.2) is 24.2 Å². The van der Waals surface area contributed by atoms with Crippen molar-refractivity contribution >= 4 is 40.1 Å². The Morgan fingerprint density at radius 2 is 1.83 bits per heavy atom. The monoisotopic (exact) mass is 402 g/mol. The molecule has 1 amide bonds. The second-order valence-electron chi connectivity index (χ2n) is 6.68. The zero-order valence-corrected chi connectivity index (χ0v) is 16.4. The van der Waals surface area contributed by atoms with Gasteiger partial charge in [0.15, 0.2) is 6.61 Å². The Bertz CT molecular complexity index is 1140. The number of esters is 1. The standard InChI is InChI=1S/C23H18N2O3S/c24-12-13-29-20-7-2-1-6-19(20)25-21(26)14-28-23(27)18-11-10-16-9-8-15-4-3-5-17(18)22(15)16/h1-7,10-11H,8-9,13-14H2,(H,25,26). The average Bonchev–Trinajstić information content (AvgIpc) is 3.17. The first-order valence-electron chi connectivity index (χ1n) is 9.26. The summed E-state index contributed by atoms with van der Waals surface area (Å²) in [5.74, 6) is -0.649. The Morgan fingerprint density at radius 1 is 1.03 bits per heavy atom. The van der Waals surface area contributed by atoms with Crippen molar-refractivity contribution in [3.8, 4) is 6.07 Å². The van der Waals surface area contributed by atoms with Gasteiger partial charge in [0.05, 0.1) is 23.1 Å². The van der Waals surface area contributed by atoms with Crippen LogP contribution < -0.4 is 5.32 Å². The van der Waals surface area contributed by atoms with Gasteiger partial charge >= 0.3 is 5.97 Å². The first-order valence-corrected chi connectivity index (χ1v) is 10.2. The first kappa shape index (κ1) is 19.0. The number of nitriles is 1. The number of carbonyl (C=O) groups excluding carboxylic acids is 2. The zero-order valence-electron chi connectivity index (χ0n) is 15.6. The van der Waals surface area contributed by atoms with Gasteiger partial charge in [0.1, 0.15) is 0 Å². The first-order chi connectivity index (χ1) is 14.2. The highest BCUT2D eigenvalue weighted by Gasteiger charge is 2.20. The van der Waals surface area contributed by atoms with E-state index in [1.54, 1.807) is 18.2 Å². The highest BCUT2D eigenvalue weighted by Crippen LogP contribution is 2.33. The fraction of sp³-hybridized carbons (Fsp3) is 0.174. The van der Waals surface area contributed by atoms with Crippen molar-refractivity contribution in [2.24, 2.45) is 0 Å². The van der Waals surface area contributed by atoms with E-state index in [1.165, 1.54) is 22.9 Å². The predicted molar refractivity (Wildman–Crippen MR) is 113 cm³/mol. The van der Waals surface area contributed by atoms with E-state index in [2.05, 4.69) is 17.5 Å². The number of hydrogen-bond acceptors (Lipinski definition) is 5. The van der Waals surface area contributed by atoms with Crippen molar-refractivity contribution < 1.29 is 14.3 Å². The van der Waals surface area contributed by atoms with Gasteiger partial charge in [-0.3, -0.25) is 4.79 Å². The molecule has 144 valence electrons. The van der Waals surface area contributed by atoms with Crippen molar-refractivity contribution in [1.29, 1.82) is 5.26 Å². The predicted octanol–water partition coefficient (Wildman–Crippen LogP) is 4.35. The van der Waals surface area contributed by atoms with Crippen molar-refractivity contribution in [1.82, 2.24) is 0 Å². The fourth-order valence-electron chi connectivity index (χ4n) is 3.63. The summed E-state index contributed by atoms with van der Waals surface area (Å²) in [6, 6.07) is 19.0. The number of thioether (sulfide) groups is 1. The van der Waals surface area contributed by atoms with Gasteiger partial charge in [-0.05, 0) is 52.9 Å². The number of rotatable bonds is 6. The SMILES string of the molecule is N#CCSc1ccccc1NC(=O)COC(=O)c1ccc2c3c(cccc13)CC2. The van der Waals surface area contributed by atoms with Crippen LogP contribution in [0.25, 0.3) is 10.8 Å². The van der Waals surface area contributed by atoms with Crippen LogP contribution in [0.2, 0.25) is 0 Å². The molecule has 6 heteroatoms. The smallest absolute Gasteiger partial charge is 0.339 e. The van der Waals surface area contributed by atoms with Crippen molar-refractivity contribution in [3.05, 3.63) is 71.3 Å². The summed E-state index contributed by atoms with van der Waals surface area (Å²) in [6.45, 7) is -0.376. The highest BCUT2D eigenvalue weighted by atomic mass is 32.2. The second-order valence-corrected chi connectivity index (χ2v) is 7.70. The number of para-hydroxylation sites is 1. The number of nitrogens with one attached hydrogen (secondary N) is 1. The van der Waals surface area contributed by atoms with Gasteiger partial charge < -0.3 is 10.1 Å². The van der Waals surface area contributed by atoms with Gasteiger partial charge in [-0.15, -0.1) is 11.8 Å². The molecule has 0 heterocycles. The maximum absolute atomic E-state index is 12.6. The van der Waals surface area contributed by atoms with Gasteiger partial charge in [-0.1, -0.05) is 36.4 Å². The fourth-order valence-corrected chi connectivity index (χ4v) is 4.30. The Balaban J connectivity index is 1.44. The van der Waals surface area contributed by atoms with Gasteiger partial charge in [0.25, 0.3) is 5.91 Å². The van der Waals surface area contributed by atoms with E-state index >= 15 is 0 Å². The van der Waals surface area contributed by atoms with Crippen molar-refractivity contribution in [2.45, 2.75) is 17.7 Å². The molecule has 3 aromatic rings. The summed E-state index contributed by atoms with van der Waals surface area (Å²) in [7, 11) is 0. The molecule has 1 N–H and O–H groups in total. The number of carbonyl (C=O) groups is 2. The molecule has 0 saturated heterocycles. The van der Waals surface area contributed by atoms with Crippen LogP contribution in [0, 0.1) is 11.3 Å². The summed E-state index contributed by atoms with van der Waals surface area (Å²) >= 11 is 1.34. The average molecular weight is 402 g/mol. The van der Waals surface area contributed by atoms with Crippen LogP contribution in [0.4, 0.5) is 5.69 Å². The molecule has 0 aromatic heterocycles. The van der Waals surface area contributed by atoms with E-state index in [-0.39, 0.29) is 12.4 Å². The molecule has 29 heavy (non-hydrogen) atoms. The molecule has 1 aliphatic rings. The number of aryl methyl sites for hydroxylation is 2. The Hall–Kier alpha value is -3.30. The van der Waals surface area contributed by atoms with Gasteiger partial charge in [0.2, 0.25) is 0 Å². The van der Waals surface area contributed by atoms with E-state index < -0.39 is 11.9 Å². The molecule has 4 rings (SSSR count). The van der Waals surface area contributed by atoms with Crippen molar-refractivity contribution in [2.75, 3.05) is 17.7 Å². The van der Waals surface area contributed by atoms with Crippen LogP contribution in [0.15, 0.2) is 59.5 Å². The molecule has 0 spiro atoms. The molecule has 3 aromatic carbocycles. The lowest BCUT2D eigenvalue weighted by Gasteiger charge is -2.11. The van der Waals surface area contributed by atoms with E-state index in [0.717, 1.165) is 28.5 Å². The number of nitrogens with zero attached hydrogens (tertiary/aromatic N) is 1. The zero-order chi connectivity index (χ0) is 20.2. The minimum Gasteiger partial charge on any atom is -0.452 e. The molecule has 0 bridgehead atoms. The molecule has 5 nitrogen and oxygen atoms in total. The van der Waals surface area contributed by atoms with Crippen LogP contribution in [-0.2, 0) is 22.4 Å². The number of benzene rings is 3. The molecule has 1 aliphatic carbocycles. The van der Waals surface area contributed by atoms with E-state index in [1.807, 2.05) is 30.3 Å². The molecule has 0 saturated carbocycles. The quantitative estimate of drug-likeness (QED) is 0.490. The van der Waals surface area contributed by atoms with Gasteiger partial charge in [0, 0.05) is 4.90 Å². The highest BCUT2D eigenvalue weighted by molar-refractivity contribution is 7.99. The number of ether oxygens (including phenoxy) is 1. The number of anilines is 1. The maximum atomic E-state index is 12.6. The molecule has 0 fully saturated rings. The van der Waals surface area contributed by atoms with E-state index in [4.69, 9.17) is 10.00 Å². The maximum Gasteiger partial charge on any atom is 0.339 e. The second kappa shape index (κ2) is 8.38. The number of amides is 1. The number of hydrogen-bond donors (Lipinski definition) is 1. The molecular weight excluding hydrogens is 384 g/mol. The van der Waals surface area contributed by atoms with Crippen LogP contribution in [0.5, 0.6) is 0 Å². The van der Waals surface area contributed by atoms with E-state index in [0.29, 0.717) is 11.3 Å². The molecule has 0 radical (unpaired) electrons. The Morgan fingerprint density at radius 3 is 2.66 bits per heavy atom. The molecule has 0 aliphatic heterocycles.